The number of ether oxygens (including phenoxy) is 1. The lowest BCUT2D eigenvalue weighted by atomic mass is 9.95. The van der Waals surface area contributed by atoms with E-state index >= 15 is 0 Å². The topological polar surface area (TPSA) is 21.3 Å². The highest BCUT2D eigenvalue weighted by Gasteiger charge is 2.21. The van der Waals surface area contributed by atoms with Gasteiger partial charge >= 0.3 is 0 Å². The molecule has 0 spiro atoms. The van der Waals surface area contributed by atoms with Gasteiger partial charge in [0.1, 0.15) is 0 Å². The summed E-state index contributed by atoms with van der Waals surface area (Å²) in [7, 11) is 0. The summed E-state index contributed by atoms with van der Waals surface area (Å²) in [5.41, 5.74) is 1.36. The summed E-state index contributed by atoms with van der Waals surface area (Å²) in [6.45, 7) is 5.02. The van der Waals surface area contributed by atoms with Gasteiger partial charge in [0, 0.05) is 19.0 Å². The predicted molar refractivity (Wildman–Crippen MR) is 57.5 cm³/mol. The van der Waals surface area contributed by atoms with Crippen LogP contribution in [0.25, 0.3) is 0 Å². The van der Waals surface area contributed by atoms with E-state index in [1.54, 1.807) is 0 Å². The molecule has 1 heterocycles. The Bertz CT molecular complexity index is 267. The molecule has 0 radical (unpaired) electrons. The first-order valence-corrected chi connectivity index (χ1v) is 5.25. The van der Waals surface area contributed by atoms with Crippen LogP contribution in [0.15, 0.2) is 30.3 Å². The van der Waals surface area contributed by atoms with Crippen molar-refractivity contribution in [2.45, 2.75) is 18.9 Å². The average molecular weight is 191 g/mol. The van der Waals surface area contributed by atoms with E-state index in [1.165, 1.54) is 5.56 Å². The van der Waals surface area contributed by atoms with E-state index in [-0.39, 0.29) is 0 Å². The molecule has 2 rings (SSSR count). The molecular formula is C12H17NO. The van der Waals surface area contributed by atoms with E-state index in [9.17, 15) is 0 Å². The molecule has 2 heteroatoms. The van der Waals surface area contributed by atoms with E-state index in [4.69, 9.17) is 4.74 Å². The van der Waals surface area contributed by atoms with Crippen LogP contribution in [-0.4, -0.2) is 25.8 Å². The van der Waals surface area contributed by atoms with Crippen LogP contribution in [0.1, 0.15) is 18.4 Å². The number of hydrogen-bond acceptors (Lipinski definition) is 2. The smallest absolute Gasteiger partial charge is 0.0765 e. The lowest BCUT2D eigenvalue weighted by Gasteiger charge is -2.29. The molecule has 1 fully saturated rings. The van der Waals surface area contributed by atoms with Gasteiger partial charge in [0.25, 0.3) is 0 Å². The zero-order valence-electron chi connectivity index (χ0n) is 8.57. The Balaban J connectivity index is 2.03. The van der Waals surface area contributed by atoms with Crippen LogP contribution in [0.3, 0.4) is 0 Å². The molecule has 0 saturated carbocycles. The molecule has 1 aromatic carbocycles. The summed E-state index contributed by atoms with van der Waals surface area (Å²) in [4.78, 5) is 0. The van der Waals surface area contributed by atoms with E-state index in [0.717, 1.165) is 19.7 Å². The molecule has 1 aromatic rings. The lowest BCUT2D eigenvalue weighted by molar-refractivity contribution is 0.0146. The first-order chi connectivity index (χ1) is 6.88. The standard InChI is InChI=1S/C12H17NO/c1-10(11-5-3-2-4-6-11)12-9-13-7-8-14-12/h2-6,10,12-13H,7-9H2,1H3. The zero-order valence-corrected chi connectivity index (χ0v) is 8.57. The summed E-state index contributed by atoms with van der Waals surface area (Å²) in [6.07, 6.45) is 0.325. The number of morpholine rings is 1. The van der Waals surface area contributed by atoms with E-state index in [2.05, 4.69) is 42.6 Å². The normalized spacial score (nSPS) is 24.5. The van der Waals surface area contributed by atoms with Crippen molar-refractivity contribution in [1.29, 1.82) is 0 Å². The summed E-state index contributed by atoms with van der Waals surface area (Å²) >= 11 is 0. The van der Waals surface area contributed by atoms with Crippen LogP contribution < -0.4 is 5.32 Å². The summed E-state index contributed by atoms with van der Waals surface area (Å²) in [5, 5.41) is 3.36. The average Bonchev–Trinajstić information content (AvgIpc) is 2.30. The largest absolute Gasteiger partial charge is 0.375 e. The van der Waals surface area contributed by atoms with Gasteiger partial charge < -0.3 is 10.1 Å². The molecule has 1 aliphatic heterocycles. The fourth-order valence-corrected chi connectivity index (χ4v) is 1.88. The fraction of sp³-hybridized carbons (Fsp3) is 0.500. The van der Waals surface area contributed by atoms with E-state index in [1.807, 2.05) is 0 Å². The second-order valence-electron chi connectivity index (χ2n) is 3.81. The van der Waals surface area contributed by atoms with Gasteiger partial charge in [-0.05, 0) is 5.56 Å². The van der Waals surface area contributed by atoms with Crippen molar-refractivity contribution in [2.24, 2.45) is 0 Å². The second-order valence-corrected chi connectivity index (χ2v) is 3.81. The fourth-order valence-electron chi connectivity index (χ4n) is 1.88. The maximum Gasteiger partial charge on any atom is 0.0765 e. The molecule has 0 bridgehead atoms. The molecule has 1 N–H and O–H groups in total. The summed E-state index contributed by atoms with van der Waals surface area (Å²) in [6, 6.07) is 10.6. The third kappa shape index (κ3) is 2.14. The molecule has 1 saturated heterocycles. The van der Waals surface area contributed by atoms with Gasteiger partial charge in [-0.1, -0.05) is 37.3 Å². The zero-order chi connectivity index (χ0) is 9.80. The van der Waals surface area contributed by atoms with Crippen molar-refractivity contribution < 1.29 is 4.74 Å². The Labute approximate surface area is 85.3 Å². The third-order valence-corrected chi connectivity index (χ3v) is 2.84. The van der Waals surface area contributed by atoms with Gasteiger partial charge in [0.05, 0.1) is 12.7 Å². The predicted octanol–water partition coefficient (Wildman–Crippen LogP) is 1.78. The molecule has 0 amide bonds. The minimum atomic E-state index is 0.325. The van der Waals surface area contributed by atoms with Gasteiger partial charge in [-0.15, -0.1) is 0 Å². The van der Waals surface area contributed by atoms with Crippen LogP contribution in [0.5, 0.6) is 0 Å². The van der Waals surface area contributed by atoms with Crippen LogP contribution in [0.4, 0.5) is 0 Å². The van der Waals surface area contributed by atoms with E-state index < -0.39 is 0 Å². The Hall–Kier alpha value is -0.860. The van der Waals surface area contributed by atoms with Crippen molar-refractivity contribution in [3.63, 3.8) is 0 Å². The first-order valence-electron chi connectivity index (χ1n) is 5.25. The Morgan fingerprint density at radius 2 is 2.14 bits per heavy atom. The number of benzene rings is 1. The van der Waals surface area contributed by atoms with Crippen LogP contribution >= 0.6 is 0 Å². The van der Waals surface area contributed by atoms with Crippen molar-refractivity contribution in [1.82, 2.24) is 5.32 Å². The molecule has 0 aliphatic carbocycles. The number of nitrogens with one attached hydrogen (secondary N) is 1. The van der Waals surface area contributed by atoms with Gasteiger partial charge in [-0.3, -0.25) is 0 Å². The molecular weight excluding hydrogens is 174 g/mol. The second kappa shape index (κ2) is 4.58. The van der Waals surface area contributed by atoms with Crippen LogP contribution in [-0.2, 0) is 4.74 Å². The third-order valence-electron chi connectivity index (χ3n) is 2.84. The Morgan fingerprint density at radius 3 is 2.79 bits per heavy atom. The van der Waals surface area contributed by atoms with Crippen molar-refractivity contribution in [3.05, 3.63) is 35.9 Å². The van der Waals surface area contributed by atoms with Crippen LogP contribution in [0.2, 0.25) is 0 Å². The first kappa shape index (κ1) is 9.69. The molecule has 14 heavy (non-hydrogen) atoms. The van der Waals surface area contributed by atoms with E-state index in [0.29, 0.717) is 12.0 Å². The highest BCUT2D eigenvalue weighted by Crippen LogP contribution is 2.21. The highest BCUT2D eigenvalue weighted by molar-refractivity contribution is 5.20. The SMILES string of the molecule is CC(c1ccccc1)C1CNCCO1. The minimum absolute atomic E-state index is 0.325. The Morgan fingerprint density at radius 1 is 1.36 bits per heavy atom. The molecule has 2 nitrogen and oxygen atoms in total. The highest BCUT2D eigenvalue weighted by atomic mass is 16.5. The monoisotopic (exact) mass is 191 g/mol. The molecule has 76 valence electrons. The number of hydrogen-bond donors (Lipinski definition) is 1. The Kier molecular flexibility index (Phi) is 3.17. The number of rotatable bonds is 2. The van der Waals surface area contributed by atoms with Gasteiger partial charge in [-0.2, -0.15) is 0 Å². The van der Waals surface area contributed by atoms with Gasteiger partial charge in [0.2, 0.25) is 0 Å². The van der Waals surface area contributed by atoms with Crippen molar-refractivity contribution >= 4 is 0 Å². The van der Waals surface area contributed by atoms with Gasteiger partial charge in [-0.25, -0.2) is 0 Å². The lowest BCUT2D eigenvalue weighted by Crippen LogP contribution is -2.41. The molecule has 1 aliphatic rings. The minimum Gasteiger partial charge on any atom is -0.375 e. The molecule has 0 aromatic heterocycles. The molecule has 2 unspecified atom stereocenters. The summed E-state index contributed by atoms with van der Waals surface area (Å²) < 4.78 is 5.73. The van der Waals surface area contributed by atoms with Crippen LogP contribution in [0, 0.1) is 0 Å². The van der Waals surface area contributed by atoms with Crippen molar-refractivity contribution in [2.75, 3.05) is 19.7 Å². The quantitative estimate of drug-likeness (QED) is 0.769. The maximum atomic E-state index is 5.73. The van der Waals surface area contributed by atoms with Crippen molar-refractivity contribution in [3.8, 4) is 0 Å². The van der Waals surface area contributed by atoms with Gasteiger partial charge in [0.15, 0.2) is 0 Å². The summed E-state index contributed by atoms with van der Waals surface area (Å²) in [5.74, 6) is 0.476. The maximum absolute atomic E-state index is 5.73. The molecule has 2 atom stereocenters.